The molecule has 1 saturated carbocycles. The van der Waals surface area contributed by atoms with Gasteiger partial charge in [-0.2, -0.15) is 4.98 Å². The normalized spacial score (nSPS) is 16.7. The lowest BCUT2D eigenvalue weighted by atomic mass is 10.3. The summed E-state index contributed by atoms with van der Waals surface area (Å²) >= 11 is 6.02. The Morgan fingerprint density at radius 2 is 2.33 bits per heavy atom. The lowest BCUT2D eigenvalue weighted by Crippen LogP contribution is -2.36. The molecule has 0 aromatic carbocycles. The van der Waals surface area contributed by atoms with Crippen LogP contribution in [0.4, 0.5) is 11.8 Å². The zero-order valence-corrected chi connectivity index (χ0v) is 11.4. The van der Waals surface area contributed by atoms with Crippen LogP contribution in [0.25, 0.3) is 0 Å². The van der Waals surface area contributed by atoms with Crippen LogP contribution in [0.3, 0.4) is 0 Å². The number of hydrazine groups is 1. The monoisotopic (exact) mass is 270 g/mol. The number of rotatable bonds is 6. The lowest BCUT2D eigenvalue weighted by molar-refractivity contribution is 0.257. The van der Waals surface area contributed by atoms with Gasteiger partial charge in [0.15, 0.2) is 5.82 Å². The molecular formula is C11H19ClN6. The van der Waals surface area contributed by atoms with E-state index in [0.29, 0.717) is 22.8 Å². The molecule has 100 valence electrons. The predicted octanol–water partition coefficient (Wildman–Crippen LogP) is 1.31. The third-order valence-corrected chi connectivity index (χ3v) is 3.53. The largest absolute Gasteiger partial charge is 0.367 e. The second-order valence-electron chi connectivity index (χ2n) is 4.66. The highest BCUT2D eigenvalue weighted by Gasteiger charge is 2.28. The SMILES string of the molecule is CC(CNc1nc(NN)ncc1Cl)N(C)C1CC1. The fourth-order valence-electron chi connectivity index (χ4n) is 1.79. The van der Waals surface area contributed by atoms with Gasteiger partial charge in [-0.25, -0.2) is 10.8 Å². The van der Waals surface area contributed by atoms with Crippen LogP contribution in [0, 0.1) is 0 Å². The van der Waals surface area contributed by atoms with E-state index in [1.807, 2.05) is 0 Å². The number of nitrogens with zero attached hydrogens (tertiary/aromatic N) is 3. The molecule has 0 radical (unpaired) electrons. The van der Waals surface area contributed by atoms with E-state index in [0.717, 1.165) is 12.6 Å². The van der Waals surface area contributed by atoms with Crippen molar-refractivity contribution in [3.63, 3.8) is 0 Å². The number of nitrogens with one attached hydrogen (secondary N) is 2. The molecule has 1 aromatic heterocycles. The van der Waals surface area contributed by atoms with Gasteiger partial charge in [-0.3, -0.25) is 10.3 Å². The van der Waals surface area contributed by atoms with Crippen LogP contribution in [-0.2, 0) is 0 Å². The number of aromatic nitrogens is 2. The number of nitrogen functional groups attached to an aromatic ring is 1. The van der Waals surface area contributed by atoms with Crippen molar-refractivity contribution in [2.45, 2.75) is 31.8 Å². The predicted molar refractivity (Wildman–Crippen MR) is 73.6 cm³/mol. The van der Waals surface area contributed by atoms with E-state index in [9.17, 15) is 0 Å². The maximum Gasteiger partial charge on any atom is 0.239 e. The zero-order chi connectivity index (χ0) is 13.1. The van der Waals surface area contributed by atoms with Gasteiger partial charge in [0.05, 0.1) is 6.20 Å². The fraction of sp³-hybridized carbons (Fsp3) is 0.636. The number of nitrogens with two attached hydrogens (primary N) is 1. The van der Waals surface area contributed by atoms with Crippen molar-refractivity contribution in [1.82, 2.24) is 14.9 Å². The molecule has 7 heteroatoms. The number of halogens is 1. The quantitative estimate of drug-likeness (QED) is 0.534. The van der Waals surface area contributed by atoms with Gasteiger partial charge in [0, 0.05) is 18.6 Å². The smallest absolute Gasteiger partial charge is 0.239 e. The standard InChI is InChI=1S/C11H19ClN6/c1-7(18(2)8-3-4-8)5-14-10-9(12)6-15-11(16-10)17-13/h6-8H,3-5,13H2,1-2H3,(H2,14,15,16,17). The van der Waals surface area contributed by atoms with Gasteiger partial charge >= 0.3 is 0 Å². The van der Waals surface area contributed by atoms with Gasteiger partial charge in [-0.1, -0.05) is 11.6 Å². The summed E-state index contributed by atoms with van der Waals surface area (Å²) in [5.41, 5.74) is 2.40. The maximum atomic E-state index is 6.02. The molecule has 0 amide bonds. The molecule has 1 aliphatic rings. The summed E-state index contributed by atoms with van der Waals surface area (Å²) in [6.07, 6.45) is 4.13. The first kappa shape index (κ1) is 13.3. The molecule has 0 aliphatic heterocycles. The summed E-state index contributed by atoms with van der Waals surface area (Å²) in [4.78, 5) is 10.5. The number of likely N-dealkylation sites (N-methyl/N-ethyl adjacent to an activating group) is 1. The minimum absolute atomic E-state index is 0.352. The second kappa shape index (κ2) is 5.69. The molecule has 1 unspecified atom stereocenters. The number of hydrogen-bond acceptors (Lipinski definition) is 6. The second-order valence-corrected chi connectivity index (χ2v) is 5.07. The third kappa shape index (κ3) is 3.22. The van der Waals surface area contributed by atoms with Crippen molar-refractivity contribution in [2.75, 3.05) is 24.3 Å². The summed E-state index contributed by atoms with van der Waals surface area (Å²) in [6, 6.07) is 1.17. The minimum atomic E-state index is 0.352. The Bertz CT molecular complexity index is 409. The Kier molecular flexibility index (Phi) is 4.21. The van der Waals surface area contributed by atoms with Crippen molar-refractivity contribution in [1.29, 1.82) is 0 Å². The first-order valence-corrected chi connectivity index (χ1v) is 6.44. The van der Waals surface area contributed by atoms with Crippen LogP contribution < -0.4 is 16.6 Å². The summed E-state index contributed by atoms with van der Waals surface area (Å²) in [5, 5.41) is 3.73. The minimum Gasteiger partial charge on any atom is -0.367 e. The molecule has 6 nitrogen and oxygen atoms in total. The van der Waals surface area contributed by atoms with E-state index >= 15 is 0 Å². The first-order chi connectivity index (χ1) is 8.61. The van der Waals surface area contributed by atoms with Gasteiger partial charge in [-0.05, 0) is 26.8 Å². The highest BCUT2D eigenvalue weighted by atomic mass is 35.5. The van der Waals surface area contributed by atoms with Crippen LogP contribution >= 0.6 is 11.6 Å². The molecule has 18 heavy (non-hydrogen) atoms. The van der Waals surface area contributed by atoms with Gasteiger partial charge in [0.2, 0.25) is 5.95 Å². The molecular weight excluding hydrogens is 252 g/mol. The van der Waals surface area contributed by atoms with E-state index in [2.05, 4.69) is 39.6 Å². The van der Waals surface area contributed by atoms with Gasteiger partial charge in [0.1, 0.15) is 5.02 Å². The van der Waals surface area contributed by atoms with E-state index in [1.165, 1.54) is 19.0 Å². The van der Waals surface area contributed by atoms with Crippen LogP contribution in [-0.4, -0.2) is 40.5 Å². The molecule has 2 rings (SSSR count). The Balaban J connectivity index is 1.92. The molecule has 1 atom stereocenters. The average Bonchev–Trinajstić information content (AvgIpc) is 3.20. The number of hydrogen-bond donors (Lipinski definition) is 3. The van der Waals surface area contributed by atoms with Gasteiger partial charge in [-0.15, -0.1) is 0 Å². The maximum absolute atomic E-state index is 6.02. The highest BCUT2D eigenvalue weighted by molar-refractivity contribution is 6.32. The van der Waals surface area contributed by atoms with Crippen LogP contribution in [0.1, 0.15) is 19.8 Å². The fourth-order valence-corrected chi connectivity index (χ4v) is 1.95. The molecule has 0 saturated heterocycles. The van der Waals surface area contributed by atoms with E-state index < -0.39 is 0 Å². The van der Waals surface area contributed by atoms with Crippen molar-refractivity contribution < 1.29 is 0 Å². The zero-order valence-electron chi connectivity index (χ0n) is 10.7. The van der Waals surface area contributed by atoms with Crippen LogP contribution in [0.5, 0.6) is 0 Å². The highest BCUT2D eigenvalue weighted by Crippen LogP contribution is 2.27. The molecule has 1 fully saturated rings. The van der Waals surface area contributed by atoms with Crippen molar-refractivity contribution >= 4 is 23.4 Å². The van der Waals surface area contributed by atoms with Gasteiger partial charge in [0.25, 0.3) is 0 Å². The van der Waals surface area contributed by atoms with E-state index in [-0.39, 0.29) is 0 Å². The summed E-state index contributed by atoms with van der Waals surface area (Å²) in [5.74, 6) is 6.23. The molecule has 1 aromatic rings. The molecule has 1 aliphatic carbocycles. The molecule has 1 heterocycles. The third-order valence-electron chi connectivity index (χ3n) is 3.26. The topological polar surface area (TPSA) is 79.1 Å². The first-order valence-electron chi connectivity index (χ1n) is 6.06. The van der Waals surface area contributed by atoms with E-state index in [1.54, 1.807) is 0 Å². The van der Waals surface area contributed by atoms with Gasteiger partial charge < -0.3 is 5.32 Å². The lowest BCUT2D eigenvalue weighted by Gasteiger charge is -2.25. The van der Waals surface area contributed by atoms with Crippen molar-refractivity contribution in [3.8, 4) is 0 Å². The summed E-state index contributed by atoms with van der Waals surface area (Å²) in [6.45, 7) is 2.97. The Hall–Kier alpha value is -1.11. The van der Waals surface area contributed by atoms with Crippen molar-refractivity contribution in [2.24, 2.45) is 5.84 Å². The Morgan fingerprint density at radius 3 is 2.94 bits per heavy atom. The molecule has 4 N–H and O–H groups in total. The van der Waals surface area contributed by atoms with E-state index in [4.69, 9.17) is 17.4 Å². The van der Waals surface area contributed by atoms with Crippen LogP contribution in [0.15, 0.2) is 6.20 Å². The summed E-state index contributed by atoms with van der Waals surface area (Å²) in [7, 11) is 2.15. The Morgan fingerprint density at radius 1 is 1.61 bits per heavy atom. The molecule has 0 spiro atoms. The average molecular weight is 271 g/mol. The van der Waals surface area contributed by atoms with Crippen LogP contribution in [0.2, 0.25) is 5.02 Å². The molecule has 0 bridgehead atoms. The number of anilines is 2. The summed E-state index contributed by atoms with van der Waals surface area (Å²) < 4.78 is 0. The van der Waals surface area contributed by atoms with Crippen molar-refractivity contribution in [3.05, 3.63) is 11.2 Å². The Labute approximate surface area is 112 Å².